The number of nitrogens with one attached hydrogen (secondary N) is 1. The third-order valence-corrected chi connectivity index (χ3v) is 3.86. The van der Waals surface area contributed by atoms with Gasteiger partial charge in [-0.05, 0) is 41.6 Å². The van der Waals surface area contributed by atoms with Gasteiger partial charge in [-0.25, -0.2) is 4.39 Å². The van der Waals surface area contributed by atoms with Crippen molar-refractivity contribution in [2.75, 3.05) is 13.1 Å². The van der Waals surface area contributed by atoms with Crippen molar-refractivity contribution in [3.63, 3.8) is 0 Å². The van der Waals surface area contributed by atoms with Gasteiger partial charge in [0.2, 0.25) is 0 Å². The summed E-state index contributed by atoms with van der Waals surface area (Å²) in [4.78, 5) is 0. The highest BCUT2D eigenvalue weighted by molar-refractivity contribution is 7.17. The largest absolute Gasteiger partial charge is 0.312 e. The summed E-state index contributed by atoms with van der Waals surface area (Å²) in [5, 5.41) is 6.66. The molecule has 2 heterocycles. The van der Waals surface area contributed by atoms with E-state index in [4.69, 9.17) is 0 Å². The van der Waals surface area contributed by atoms with E-state index in [1.165, 1.54) is 22.6 Å². The molecule has 2 aromatic rings. The molecule has 0 amide bonds. The summed E-state index contributed by atoms with van der Waals surface area (Å²) in [6, 6.07) is 5.03. The fraction of sp³-hybridized carbons (Fsp3) is 0.231. The number of hydrogen-bond acceptors (Lipinski definition) is 2. The number of rotatable bonds is 1. The Morgan fingerprint density at radius 1 is 1.31 bits per heavy atom. The van der Waals surface area contributed by atoms with Crippen LogP contribution >= 0.6 is 11.3 Å². The second kappa shape index (κ2) is 4.00. The lowest BCUT2D eigenvalue weighted by atomic mass is 10.0. The van der Waals surface area contributed by atoms with Gasteiger partial charge < -0.3 is 5.32 Å². The van der Waals surface area contributed by atoms with Gasteiger partial charge in [0, 0.05) is 16.6 Å². The summed E-state index contributed by atoms with van der Waals surface area (Å²) >= 11 is 1.61. The van der Waals surface area contributed by atoms with Gasteiger partial charge in [0.05, 0.1) is 0 Å². The minimum Gasteiger partial charge on any atom is -0.312 e. The summed E-state index contributed by atoms with van der Waals surface area (Å²) < 4.78 is 14.1. The normalized spacial score (nSPS) is 16.4. The maximum Gasteiger partial charge on any atom is 0.124 e. The summed E-state index contributed by atoms with van der Waals surface area (Å²) in [6.07, 6.45) is 3.36. The van der Waals surface area contributed by atoms with Crippen molar-refractivity contribution in [2.45, 2.75) is 6.42 Å². The van der Waals surface area contributed by atoms with Gasteiger partial charge in [-0.2, -0.15) is 0 Å². The highest BCUT2D eigenvalue weighted by Gasteiger charge is 2.11. The van der Waals surface area contributed by atoms with Gasteiger partial charge >= 0.3 is 0 Å². The van der Waals surface area contributed by atoms with Crippen LogP contribution in [0.1, 0.15) is 12.0 Å². The molecule has 0 fully saturated rings. The van der Waals surface area contributed by atoms with Crippen LogP contribution in [0, 0.1) is 5.82 Å². The van der Waals surface area contributed by atoms with Gasteiger partial charge in [0.25, 0.3) is 0 Å². The first-order valence-corrected chi connectivity index (χ1v) is 6.29. The molecule has 0 atom stereocenters. The molecule has 1 nitrogen and oxygen atoms in total. The number of halogens is 1. The fourth-order valence-electron chi connectivity index (χ4n) is 2.10. The molecular weight excluding hydrogens is 221 g/mol. The molecule has 1 aliphatic rings. The fourth-order valence-corrected chi connectivity index (χ4v) is 3.11. The van der Waals surface area contributed by atoms with Crippen LogP contribution in [0.4, 0.5) is 4.39 Å². The van der Waals surface area contributed by atoms with Crippen molar-refractivity contribution in [2.24, 2.45) is 0 Å². The lowest BCUT2D eigenvalue weighted by Gasteiger charge is -2.13. The Bertz CT molecular complexity index is 556. The van der Waals surface area contributed by atoms with E-state index in [0.717, 1.165) is 24.2 Å². The molecule has 0 saturated carbocycles. The smallest absolute Gasteiger partial charge is 0.124 e. The first-order chi connectivity index (χ1) is 7.84. The third kappa shape index (κ3) is 1.66. The minimum atomic E-state index is -0.156. The molecule has 0 aliphatic carbocycles. The molecule has 0 radical (unpaired) electrons. The average Bonchev–Trinajstić information content (AvgIpc) is 2.73. The van der Waals surface area contributed by atoms with Crippen molar-refractivity contribution in [3.05, 3.63) is 41.0 Å². The molecule has 3 heteroatoms. The van der Waals surface area contributed by atoms with Crippen LogP contribution in [0.25, 0.3) is 15.7 Å². The van der Waals surface area contributed by atoms with E-state index in [-0.39, 0.29) is 5.82 Å². The predicted molar refractivity (Wildman–Crippen MR) is 67.2 cm³/mol. The van der Waals surface area contributed by atoms with Crippen LogP contribution in [0.15, 0.2) is 29.7 Å². The molecule has 0 unspecified atom stereocenters. The van der Waals surface area contributed by atoms with E-state index in [9.17, 15) is 4.39 Å². The van der Waals surface area contributed by atoms with E-state index < -0.39 is 0 Å². The zero-order chi connectivity index (χ0) is 11.0. The summed E-state index contributed by atoms with van der Waals surface area (Å²) in [6.45, 7) is 1.98. The highest BCUT2D eigenvalue weighted by atomic mass is 32.1. The van der Waals surface area contributed by atoms with Gasteiger partial charge in [0.15, 0.2) is 0 Å². The Kier molecular flexibility index (Phi) is 2.50. The Labute approximate surface area is 97.6 Å². The zero-order valence-corrected chi connectivity index (χ0v) is 9.61. The van der Waals surface area contributed by atoms with Crippen LogP contribution in [0.5, 0.6) is 0 Å². The molecule has 1 aromatic carbocycles. The summed E-state index contributed by atoms with van der Waals surface area (Å²) in [7, 11) is 0. The van der Waals surface area contributed by atoms with E-state index in [2.05, 4.69) is 16.8 Å². The van der Waals surface area contributed by atoms with Crippen molar-refractivity contribution < 1.29 is 4.39 Å². The molecular formula is C13H12FNS. The topological polar surface area (TPSA) is 12.0 Å². The molecule has 82 valence electrons. The molecule has 16 heavy (non-hydrogen) atoms. The molecule has 1 aromatic heterocycles. The van der Waals surface area contributed by atoms with E-state index in [1.54, 1.807) is 17.4 Å². The van der Waals surface area contributed by atoms with Crippen molar-refractivity contribution >= 4 is 27.0 Å². The molecule has 1 aliphatic heterocycles. The maximum absolute atomic E-state index is 13.1. The van der Waals surface area contributed by atoms with Crippen LogP contribution in [-0.4, -0.2) is 13.1 Å². The monoisotopic (exact) mass is 233 g/mol. The molecule has 0 saturated heterocycles. The van der Waals surface area contributed by atoms with Crippen LogP contribution in [0.3, 0.4) is 0 Å². The van der Waals surface area contributed by atoms with E-state index >= 15 is 0 Å². The van der Waals surface area contributed by atoms with Crippen molar-refractivity contribution in [1.29, 1.82) is 0 Å². The predicted octanol–water partition coefficient (Wildman–Crippen LogP) is 3.42. The van der Waals surface area contributed by atoms with Crippen LogP contribution in [-0.2, 0) is 0 Å². The summed E-state index contributed by atoms with van der Waals surface area (Å²) in [5.41, 5.74) is 2.59. The van der Waals surface area contributed by atoms with Gasteiger partial charge in [0.1, 0.15) is 5.82 Å². The molecule has 0 spiro atoms. The first kappa shape index (κ1) is 10.00. The molecule has 1 N–H and O–H groups in total. The zero-order valence-electron chi connectivity index (χ0n) is 8.79. The van der Waals surface area contributed by atoms with Crippen molar-refractivity contribution in [3.8, 4) is 0 Å². The van der Waals surface area contributed by atoms with Gasteiger partial charge in [-0.1, -0.05) is 12.1 Å². The highest BCUT2D eigenvalue weighted by Crippen LogP contribution is 2.32. The number of hydrogen-bond donors (Lipinski definition) is 1. The third-order valence-electron chi connectivity index (χ3n) is 2.91. The Balaban J connectivity index is 2.13. The lowest BCUT2D eigenvalue weighted by Crippen LogP contribution is -2.21. The van der Waals surface area contributed by atoms with E-state index in [1.807, 2.05) is 6.07 Å². The molecule has 0 bridgehead atoms. The molecule has 3 rings (SSSR count). The average molecular weight is 233 g/mol. The van der Waals surface area contributed by atoms with Crippen LogP contribution < -0.4 is 5.32 Å². The van der Waals surface area contributed by atoms with Crippen LogP contribution in [0.2, 0.25) is 0 Å². The summed E-state index contributed by atoms with van der Waals surface area (Å²) in [5.74, 6) is -0.156. The van der Waals surface area contributed by atoms with Crippen molar-refractivity contribution in [1.82, 2.24) is 5.32 Å². The maximum atomic E-state index is 13.1. The number of fused-ring (bicyclic) bond motifs is 1. The quantitative estimate of drug-likeness (QED) is 0.796. The van der Waals surface area contributed by atoms with Gasteiger partial charge in [-0.15, -0.1) is 11.3 Å². The van der Waals surface area contributed by atoms with E-state index in [0.29, 0.717) is 0 Å². The first-order valence-electron chi connectivity index (χ1n) is 5.41. The number of benzene rings is 1. The Hall–Kier alpha value is -1.19. The second-order valence-electron chi connectivity index (χ2n) is 3.98. The lowest BCUT2D eigenvalue weighted by molar-refractivity contribution is 0.630. The number of thiophene rings is 1. The van der Waals surface area contributed by atoms with Gasteiger partial charge in [-0.3, -0.25) is 0 Å². The minimum absolute atomic E-state index is 0.156. The SMILES string of the molecule is Fc1ccc2c(C3=CCCNC3)csc2c1. The Morgan fingerprint density at radius 2 is 2.25 bits per heavy atom. The second-order valence-corrected chi connectivity index (χ2v) is 4.90. The Morgan fingerprint density at radius 3 is 3.06 bits per heavy atom. The standard InChI is InChI=1S/C13H12FNS/c14-10-3-4-11-12(8-16-13(11)6-10)9-2-1-5-15-7-9/h2-4,6,8,15H,1,5,7H2.